The molecule has 2 aromatic heterocycles. The maximum Gasteiger partial charge on any atom is 0.339 e. The van der Waals surface area contributed by atoms with E-state index < -0.39 is 24.5 Å². The molecule has 4 rings (SSSR count). The summed E-state index contributed by atoms with van der Waals surface area (Å²) in [6, 6.07) is 11.9. The molecule has 160 valence electrons. The molecular formula is C22H20ClN3O4S. The van der Waals surface area contributed by atoms with Gasteiger partial charge in [0.15, 0.2) is 6.61 Å². The van der Waals surface area contributed by atoms with Gasteiger partial charge in [0.25, 0.3) is 5.91 Å². The zero-order valence-electron chi connectivity index (χ0n) is 16.5. The first-order valence-corrected chi connectivity index (χ1v) is 11.1. The van der Waals surface area contributed by atoms with E-state index in [-0.39, 0.29) is 11.6 Å². The number of urea groups is 1. The second kappa shape index (κ2) is 9.45. The molecular weight excluding hydrogens is 438 g/mol. The molecule has 1 aliphatic carbocycles. The van der Waals surface area contributed by atoms with Gasteiger partial charge in [-0.1, -0.05) is 42.6 Å². The van der Waals surface area contributed by atoms with Crippen LogP contribution >= 0.6 is 22.9 Å². The standard InChI is InChI=1S/C22H20ClN3O4S/c23-19-10-9-18(31-19)17-11-15(14-7-3-4-8-16(14)25-17)21(28)30-12-20(27)26-22(29)24-13-5-1-2-6-13/h3-4,7-11,13H,1-2,5-6,12H2,(H2,24,26,27,29). The first kappa shape index (κ1) is 21.3. The average molecular weight is 458 g/mol. The number of hydrogen-bond donors (Lipinski definition) is 2. The Balaban J connectivity index is 1.45. The van der Waals surface area contributed by atoms with Gasteiger partial charge >= 0.3 is 12.0 Å². The number of carbonyl (C=O) groups excluding carboxylic acids is 3. The van der Waals surface area contributed by atoms with E-state index in [9.17, 15) is 14.4 Å². The molecule has 0 radical (unpaired) electrons. The number of rotatable bonds is 5. The number of ether oxygens (including phenoxy) is 1. The van der Waals surface area contributed by atoms with Gasteiger partial charge in [0, 0.05) is 11.4 Å². The van der Waals surface area contributed by atoms with Crippen LogP contribution in [0.4, 0.5) is 4.79 Å². The highest BCUT2D eigenvalue weighted by Crippen LogP contribution is 2.32. The number of nitrogens with one attached hydrogen (secondary N) is 2. The van der Waals surface area contributed by atoms with Crippen molar-refractivity contribution in [2.75, 3.05) is 6.61 Å². The van der Waals surface area contributed by atoms with Crippen LogP contribution in [0.15, 0.2) is 42.5 Å². The lowest BCUT2D eigenvalue weighted by Crippen LogP contribution is -2.45. The topological polar surface area (TPSA) is 97.4 Å². The average Bonchev–Trinajstić information content (AvgIpc) is 3.42. The molecule has 0 atom stereocenters. The van der Waals surface area contributed by atoms with Crippen LogP contribution in [0.5, 0.6) is 0 Å². The Kier molecular flexibility index (Phi) is 6.48. The van der Waals surface area contributed by atoms with Crippen LogP contribution in [0.2, 0.25) is 4.34 Å². The number of pyridine rings is 1. The third kappa shape index (κ3) is 5.21. The fourth-order valence-electron chi connectivity index (χ4n) is 3.59. The zero-order chi connectivity index (χ0) is 21.8. The van der Waals surface area contributed by atoms with Gasteiger partial charge in [-0.3, -0.25) is 10.1 Å². The number of para-hydroxylation sites is 1. The van der Waals surface area contributed by atoms with Gasteiger partial charge in [-0.25, -0.2) is 14.6 Å². The molecule has 0 spiro atoms. The van der Waals surface area contributed by atoms with Crippen LogP contribution in [-0.4, -0.2) is 35.5 Å². The third-order valence-electron chi connectivity index (χ3n) is 5.04. The summed E-state index contributed by atoms with van der Waals surface area (Å²) < 4.78 is 5.80. The fourth-order valence-corrected chi connectivity index (χ4v) is 4.59. The smallest absolute Gasteiger partial charge is 0.339 e. The molecule has 9 heteroatoms. The number of carbonyl (C=O) groups is 3. The second-order valence-electron chi connectivity index (χ2n) is 7.26. The van der Waals surface area contributed by atoms with Crippen molar-refractivity contribution in [2.24, 2.45) is 0 Å². The highest BCUT2D eigenvalue weighted by Gasteiger charge is 2.20. The minimum atomic E-state index is -0.688. The molecule has 3 amide bonds. The Morgan fingerprint density at radius 2 is 1.90 bits per heavy atom. The molecule has 3 aromatic rings. The van der Waals surface area contributed by atoms with Crippen molar-refractivity contribution in [1.82, 2.24) is 15.6 Å². The van der Waals surface area contributed by atoms with Crippen molar-refractivity contribution < 1.29 is 19.1 Å². The number of imide groups is 1. The van der Waals surface area contributed by atoms with Crippen LogP contribution in [0.3, 0.4) is 0 Å². The van der Waals surface area contributed by atoms with Gasteiger partial charge in [0.1, 0.15) is 0 Å². The minimum Gasteiger partial charge on any atom is -0.452 e. The number of hydrogen-bond acceptors (Lipinski definition) is 6. The lowest BCUT2D eigenvalue weighted by molar-refractivity contribution is -0.123. The van der Waals surface area contributed by atoms with E-state index in [0.717, 1.165) is 30.6 Å². The second-order valence-corrected chi connectivity index (χ2v) is 8.97. The summed E-state index contributed by atoms with van der Waals surface area (Å²) in [7, 11) is 0. The number of thiophene rings is 1. The molecule has 0 saturated heterocycles. The quantitative estimate of drug-likeness (QED) is 0.548. The third-order valence-corrected chi connectivity index (χ3v) is 6.29. The maximum atomic E-state index is 12.8. The van der Waals surface area contributed by atoms with Crippen LogP contribution in [-0.2, 0) is 9.53 Å². The Labute approximate surface area is 187 Å². The van der Waals surface area contributed by atoms with Crippen LogP contribution < -0.4 is 10.6 Å². The lowest BCUT2D eigenvalue weighted by atomic mass is 10.1. The van der Waals surface area contributed by atoms with Crippen molar-refractivity contribution >= 4 is 51.7 Å². The Hall–Kier alpha value is -2.97. The SMILES string of the molecule is O=C(COC(=O)c1cc(-c2ccc(Cl)s2)nc2ccccc12)NC(=O)NC1CCCC1. The summed E-state index contributed by atoms with van der Waals surface area (Å²) in [6.45, 7) is -0.562. The molecule has 31 heavy (non-hydrogen) atoms. The van der Waals surface area contributed by atoms with Crippen molar-refractivity contribution in [2.45, 2.75) is 31.7 Å². The highest BCUT2D eigenvalue weighted by atomic mass is 35.5. The van der Waals surface area contributed by atoms with Crippen molar-refractivity contribution in [3.05, 3.63) is 52.4 Å². The monoisotopic (exact) mass is 457 g/mol. The number of amides is 3. The summed E-state index contributed by atoms with van der Waals surface area (Å²) in [5, 5.41) is 5.56. The van der Waals surface area contributed by atoms with E-state index in [1.54, 1.807) is 30.3 Å². The zero-order valence-corrected chi connectivity index (χ0v) is 18.1. The minimum absolute atomic E-state index is 0.0858. The highest BCUT2D eigenvalue weighted by molar-refractivity contribution is 7.19. The normalized spacial score (nSPS) is 13.8. The van der Waals surface area contributed by atoms with E-state index >= 15 is 0 Å². The van der Waals surface area contributed by atoms with E-state index in [1.807, 2.05) is 12.1 Å². The number of aromatic nitrogens is 1. The number of benzene rings is 1. The van der Waals surface area contributed by atoms with Crippen molar-refractivity contribution in [1.29, 1.82) is 0 Å². The molecule has 2 heterocycles. The van der Waals surface area contributed by atoms with Crippen LogP contribution in [0.25, 0.3) is 21.5 Å². The number of halogens is 1. The van der Waals surface area contributed by atoms with Crippen LogP contribution in [0, 0.1) is 0 Å². The Bertz CT molecular complexity index is 1140. The van der Waals surface area contributed by atoms with Gasteiger partial charge < -0.3 is 10.1 Å². The predicted molar refractivity (Wildman–Crippen MR) is 119 cm³/mol. The molecule has 0 bridgehead atoms. The molecule has 1 aromatic carbocycles. The molecule has 7 nitrogen and oxygen atoms in total. The number of fused-ring (bicyclic) bond motifs is 1. The van der Waals surface area contributed by atoms with Gasteiger partial charge in [0.05, 0.1) is 26.0 Å². The Morgan fingerprint density at radius 3 is 2.65 bits per heavy atom. The van der Waals surface area contributed by atoms with Crippen molar-refractivity contribution in [3.8, 4) is 10.6 Å². The van der Waals surface area contributed by atoms with Crippen molar-refractivity contribution in [3.63, 3.8) is 0 Å². The summed E-state index contributed by atoms with van der Waals surface area (Å²) >= 11 is 7.38. The van der Waals surface area contributed by atoms with E-state index in [0.29, 0.717) is 20.9 Å². The van der Waals surface area contributed by atoms with Gasteiger partial charge in [0.2, 0.25) is 0 Å². The molecule has 0 aliphatic heterocycles. The largest absolute Gasteiger partial charge is 0.452 e. The van der Waals surface area contributed by atoms with E-state index in [2.05, 4.69) is 15.6 Å². The maximum absolute atomic E-state index is 12.8. The number of esters is 1. The van der Waals surface area contributed by atoms with E-state index in [1.165, 1.54) is 11.3 Å². The summed E-state index contributed by atoms with van der Waals surface area (Å²) in [6.07, 6.45) is 3.94. The molecule has 1 aliphatic rings. The molecule has 1 fully saturated rings. The van der Waals surface area contributed by atoms with Gasteiger partial charge in [-0.05, 0) is 37.1 Å². The van der Waals surface area contributed by atoms with Gasteiger partial charge in [-0.2, -0.15) is 0 Å². The van der Waals surface area contributed by atoms with Crippen LogP contribution in [0.1, 0.15) is 36.0 Å². The number of nitrogens with zero attached hydrogens (tertiary/aromatic N) is 1. The summed E-state index contributed by atoms with van der Waals surface area (Å²) in [5.41, 5.74) is 1.49. The Morgan fingerprint density at radius 1 is 1.13 bits per heavy atom. The summed E-state index contributed by atoms with van der Waals surface area (Å²) in [5.74, 6) is -1.36. The summed E-state index contributed by atoms with van der Waals surface area (Å²) in [4.78, 5) is 42.1. The van der Waals surface area contributed by atoms with E-state index in [4.69, 9.17) is 16.3 Å². The molecule has 1 saturated carbocycles. The predicted octanol–water partition coefficient (Wildman–Crippen LogP) is 4.54. The first-order valence-electron chi connectivity index (χ1n) is 9.92. The van der Waals surface area contributed by atoms with Gasteiger partial charge in [-0.15, -0.1) is 11.3 Å². The molecule has 2 N–H and O–H groups in total. The first-order chi connectivity index (χ1) is 15.0. The lowest BCUT2D eigenvalue weighted by Gasteiger charge is -2.12. The molecule has 0 unspecified atom stereocenters. The fraction of sp³-hybridized carbons (Fsp3) is 0.273.